The summed E-state index contributed by atoms with van der Waals surface area (Å²) in [5.41, 5.74) is 7.86. The van der Waals surface area contributed by atoms with Crippen LogP contribution in [-0.2, 0) is 22.4 Å². The van der Waals surface area contributed by atoms with Crippen LogP contribution in [0.25, 0.3) is 0 Å². The van der Waals surface area contributed by atoms with Gasteiger partial charge in [-0.15, -0.1) is 0 Å². The van der Waals surface area contributed by atoms with E-state index in [1.165, 1.54) is 0 Å². The second-order valence-corrected chi connectivity index (χ2v) is 4.98. The van der Waals surface area contributed by atoms with E-state index < -0.39 is 0 Å². The Bertz CT molecular complexity index is 487. The van der Waals surface area contributed by atoms with Crippen molar-refractivity contribution in [2.24, 2.45) is 5.73 Å². The molecule has 1 aliphatic rings. The zero-order valence-electron chi connectivity index (χ0n) is 11.7. The Morgan fingerprint density at radius 2 is 2.25 bits per heavy atom. The van der Waals surface area contributed by atoms with Crippen LogP contribution >= 0.6 is 0 Å². The van der Waals surface area contributed by atoms with Gasteiger partial charge in [0.05, 0.1) is 13.2 Å². The van der Waals surface area contributed by atoms with Crippen molar-refractivity contribution < 1.29 is 19.4 Å². The molecule has 3 N–H and O–H groups in total. The second kappa shape index (κ2) is 6.61. The summed E-state index contributed by atoms with van der Waals surface area (Å²) in [4.78, 5) is 11.2. The molecule has 0 fully saturated rings. The van der Waals surface area contributed by atoms with E-state index in [2.05, 4.69) is 0 Å². The molecule has 0 aliphatic heterocycles. The molecule has 0 saturated carbocycles. The van der Waals surface area contributed by atoms with E-state index >= 15 is 0 Å². The molecule has 1 aromatic carbocycles. The summed E-state index contributed by atoms with van der Waals surface area (Å²) in [5, 5.41) is 10.1. The fraction of sp³-hybridized carbons (Fsp3) is 0.533. The molecule has 110 valence electrons. The lowest BCUT2D eigenvalue weighted by Gasteiger charge is -2.11. The molecule has 0 bridgehead atoms. The zero-order valence-corrected chi connectivity index (χ0v) is 11.7. The maximum atomic E-state index is 11.2. The first-order chi connectivity index (χ1) is 9.61. The van der Waals surface area contributed by atoms with Crippen molar-refractivity contribution in [1.82, 2.24) is 0 Å². The van der Waals surface area contributed by atoms with Crippen LogP contribution in [0.2, 0.25) is 0 Å². The Kier molecular flexibility index (Phi) is 4.84. The Morgan fingerprint density at radius 1 is 1.45 bits per heavy atom. The molecule has 0 spiro atoms. The van der Waals surface area contributed by atoms with Gasteiger partial charge in [-0.2, -0.15) is 0 Å². The number of phenols is 1. The van der Waals surface area contributed by atoms with E-state index in [9.17, 15) is 9.90 Å². The summed E-state index contributed by atoms with van der Waals surface area (Å²) in [6, 6.07) is 3.79. The van der Waals surface area contributed by atoms with Crippen LogP contribution in [0.15, 0.2) is 12.1 Å². The van der Waals surface area contributed by atoms with Gasteiger partial charge in [-0.1, -0.05) is 6.07 Å². The Morgan fingerprint density at radius 3 is 3.00 bits per heavy atom. The molecule has 1 unspecified atom stereocenters. The SMILES string of the molecule is CCOC(=O)CCCOc1ccc2c(c1O)CC(N)C2. The summed E-state index contributed by atoms with van der Waals surface area (Å²) >= 11 is 0. The molecule has 0 heterocycles. The molecule has 5 nitrogen and oxygen atoms in total. The average molecular weight is 279 g/mol. The molecule has 1 atom stereocenters. The van der Waals surface area contributed by atoms with Gasteiger partial charge in [0.2, 0.25) is 0 Å². The van der Waals surface area contributed by atoms with Crippen LogP contribution < -0.4 is 10.5 Å². The number of hydrogen-bond donors (Lipinski definition) is 2. The minimum absolute atomic E-state index is 0.0787. The van der Waals surface area contributed by atoms with Gasteiger partial charge in [0, 0.05) is 18.0 Å². The highest BCUT2D eigenvalue weighted by molar-refractivity contribution is 5.69. The molecule has 5 heteroatoms. The van der Waals surface area contributed by atoms with Gasteiger partial charge in [-0.25, -0.2) is 0 Å². The van der Waals surface area contributed by atoms with Crippen LogP contribution in [0.4, 0.5) is 0 Å². The van der Waals surface area contributed by atoms with E-state index in [1.54, 1.807) is 13.0 Å². The van der Waals surface area contributed by atoms with Crippen molar-refractivity contribution in [2.45, 2.75) is 38.6 Å². The Balaban J connectivity index is 1.85. The van der Waals surface area contributed by atoms with Gasteiger partial charge < -0.3 is 20.3 Å². The number of esters is 1. The lowest BCUT2D eigenvalue weighted by atomic mass is 10.1. The number of carbonyl (C=O) groups excluding carboxylic acids is 1. The average Bonchev–Trinajstić information content (AvgIpc) is 2.79. The number of rotatable bonds is 6. The molecular weight excluding hydrogens is 258 g/mol. The predicted molar refractivity (Wildman–Crippen MR) is 74.9 cm³/mol. The number of carbonyl (C=O) groups is 1. The molecular formula is C15H21NO4. The van der Waals surface area contributed by atoms with Gasteiger partial charge in [0.1, 0.15) is 0 Å². The highest BCUT2D eigenvalue weighted by atomic mass is 16.5. The molecule has 0 aromatic heterocycles. The topological polar surface area (TPSA) is 81.8 Å². The highest BCUT2D eigenvalue weighted by Gasteiger charge is 2.23. The van der Waals surface area contributed by atoms with Crippen molar-refractivity contribution in [3.8, 4) is 11.5 Å². The summed E-state index contributed by atoms with van der Waals surface area (Å²) in [6.45, 7) is 2.55. The lowest BCUT2D eigenvalue weighted by Crippen LogP contribution is -2.19. The summed E-state index contributed by atoms with van der Waals surface area (Å²) < 4.78 is 10.4. The molecule has 1 aromatic rings. The molecule has 20 heavy (non-hydrogen) atoms. The lowest BCUT2D eigenvalue weighted by molar-refractivity contribution is -0.143. The zero-order chi connectivity index (χ0) is 14.5. The van der Waals surface area contributed by atoms with E-state index in [1.807, 2.05) is 6.07 Å². The molecule has 0 amide bonds. The molecule has 0 radical (unpaired) electrons. The van der Waals surface area contributed by atoms with Crippen LogP contribution in [0.1, 0.15) is 30.9 Å². The third-order valence-corrected chi connectivity index (χ3v) is 3.38. The van der Waals surface area contributed by atoms with E-state index in [-0.39, 0.29) is 17.8 Å². The first-order valence-electron chi connectivity index (χ1n) is 6.99. The summed E-state index contributed by atoms with van der Waals surface area (Å²) in [6.07, 6.45) is 2.37. The first kappa shape index (κ1) is 14.7. The number of ether oxygens (including phenoxy) is 2. The van der Waals surface area contributed by atoms with Gasteiger partial charge in [0.15, 0.2) is 11.5 Å². The van der Waals surface area contributed by atoms with E-state index in [4.69, 9.17) is 15.2 Å². The minimum Gasteiger partial charge on any atom is -0.504 e. The van der Waals surface area contributed by atoms with Gasteiger partial charge >= 0.3 is 5.97 Å². The third kappa shape index (κ3) is 3.42. The standard InChI is InChI=1S/C15H21NO4/c1-2-19-14(17)4-3-7-20-13-6-5-10-8-11(16)9-12(10)15(13)18/h5-6,11,18H,2-4,7-9,16H2,1H3. The fourth-order valence-electron chi connectivity index (χ4n) is 2.44. The maximum absolute atomic E-state index is 11.2. The smallest absolute Gasteiger partial charge is 0.305 e. The van der Waals surface area contributed by atoms with Crippen LogP contribution in [0, 0.1) is 0 Å². The maximum Gasteiger partial charge on any atom is 0.305 e. The second-order valence-electron chi connectivity index (χ2n) is 4.98. The van der Waals surface area contributed by atoms with Gasteiger partial charge in [-0.3, -0.25) is 4.79 Å². The van der Waals surface area contributed by atoms with E-state index in [0.717, 1.165) is 17.5 Å². The molecule has 0 saturated heterocycles. The van der Waals surface area contributed by atoms with Crippen LogP contribution in [0.3, 0.4) is 0 Å². The normalized spacial score (nSPS) is 16.8. The monoisotopic (exact) mass is 279 g/mol. The molecule has 1 aliphatic carbocycles. The Labute approximate surface area is 118 Å². The van der Waals surface area contributed by atoms with Gasteiger partial charge in [-0.05, 0) is 37.8 Å². The van der Waals surface area contributed by atoms with Crippen molar-refractivity contribution >= 4 is 5.97 Å². The number of phenolic OH excluding ortho intramolecular Hbond substituents is 1. The fourth-order valence-corrected chi connectivity index (χ4v) is 2.44. The summed E-state index contributed by atoms with van der Waals surface area (Å²) in [5.74, 6) is 0.425. The third-order valence-electron chi connectivity index (χ3n) is 3.38. The minimum atomic E-state index is -0.222. The molecule has 2 rings (SSSR count). The first-order valence-corrected chi connectivity index (χ1v) is 6.99. The number of hydrogen-bond acceptors (Lipinski definition) is 5. The number of aromatic hydroxyl groups is 1. The predicted octanol–water partition coefficient (Wildman–Crippen LogP) is 1.54. The Hall–Kier alpha value is -1.75. The highest BCUT2D eigenvalue weighted by Crippen LogP contribution is 2.37. The van der Waals surface area contributed by atoms with Crippen molar-refractivity contribution in [3.05, 3.63) is 23.3 Å². The van der Waals surface area contributed by atoms with Gasteiger partial charge in [0.25, 0.3) is 0 Å². The quantitative estimate of drug-likeness (QED) is 0.610. The van der Waals surface area contributed by atoms with Crippen molar-refractivity contribution in [1.29, 1.82) is 0 Å². The number of nitrogens with two attached hydrogens (primary N) is 1. The largest absolute Gasteiger partial charge is 0.504 e. The van der Waals surface area contributed by atoms with E-state index in [0.29, 0.717) is 38.2 Å². The van der Waals surface area contributed by atoms with Crippen LogP contribution in [0.5, 0.6) is 11.5 Å². The van der Waals surface area contributed by atoms with Crippen molar-refractivity contribution in [3.63, 3.8) is 0 Å². The number of fused-ring (bicyclic) bond motifs is 1. The van der Waals surface area contributed by atoms with Crippen LogP contribution in [-0.4, -0.2) is 30.3 Å². The number of benzene rings is 1. The van der Waals surface area contributed by atoms with Crippen molar-refractivity contribution in [2.75, 3.05) is 13.2 Å². The summed E-state index contributed by atoms with van der Waals surface area (Å²) in [7, 11) is 0.